The van der Waals surface area contributed by atoms with Crippen LogP contribution in [0.15, 0.2) is 48.5 Å². The Morgan fingerprint density at radius 1 is 0.893 bits per heavy atom. The van der Waals surface area contributed by atoms with Crippen molar-refractivity contribution in [1.82, 2.24) is 15.1 Å². The van der Waals surface area contributed by atoms with Gasteiger partial charge in [-0.2, -0.15) is 0 Å². The van der Waals surface area contributed by atoms with E-state index in [0.29, 0.717) is 43.9 Å². The third-order valence-corrected chi connectivity index (χ3v) is 4.96. The van der Waals surface area contributed by atoms with Gasteiger partial charge in [0.05, 0.1) is 0 Å². The van der Waals surface area contributed by atoms with Gasteiger partial charge in [-0.15, -0.1) is 0 Å². The van der Waals surface area contributed by atoms with Gasteiger partial charge in [-0.3, -0.25) is 14.4 Å². The van der Waals surface area contributed by atoms with E-state index in [-0.39, 0.29) is 17.7 Å². The summed E-state index contributed by atoms with van der Waals surface area (Å²) in [5, 5.41) is 2.89. The molecular weight excluding hydrogens is 354 g/mol. The number of aryl methyl sites for hydroxylation is 1. The average molecular weight is 379 g/mol. The van der Waals surface area contributed by atoms with Crippen LogP contribution in [0.4, 0.5) is 0 Å². The second-order valence-corrected chi connectivity index (χ2v) is 7.05. The predicted molar refractivity (Wildman–Crippen MR) is 107 cm³/mol. The van der Waals surface area contributed by atoms with Gasteiger partial charge < -0.3 is 15.1 Å². The van der Waals surface area contributed by atoms with Gasteiger partial charge in [0.2, 0.25) is 5.91 Å². The van der Waals surface area contributed by atoms with Gasteiger partial charge in [-0.05, 0) is 30.7 Å². The molecule has 0 bridgehead atoms. The Hall–Kier alpha value is -3.15. The Kier molecular flexibility index (Phi) is 6.09. The molecule has 1 heterocycles. The van der Waals surface area contributed by atoms with Gasteiger partial charge in [-0.1, -0.05) is 35.9 Å². The van der Waals surface area contributed by atoms with Crippen molar-refractivity contribution in [2.24, 2.45) is 0 Å². The van der Waals surface area contributed by atoms with Gasteiger partial charge >= 0.3 is 0 Å². The van der Waals surface area contributed by atoms with E-state index in [1.54, 1.807) is 34.1 Å². The average Bonchev–Trinajstić information content (AvgIpc) is 2.72. The number of rotatable bonds is 4. The summed E-state index contributed by atoms with van der Waals surface area (Å²) in [4.78, 5) is 40.1. The molecule has 0 saturated carbocycles. The first-order valence-electron chi connectivity index (χ1n) is 9.42. The molecule has 1 aliphatic rings. The Bertz CT molecular complexity index is 869. The molecule has 2 aromatic rings. The number of piperazine rings is 1. The van der Waals surface area contributed by atoms with Gasteiger partial charge in [-0.25, -0.2) is 0 Å². The zero-order chi connectivity index (χ0) is 20.1. The second kappa shape index (κ2) is 8.69. The van der Waals surface area contributed by atoms with E-state index in [4.69, 9.17) is 0 Å². The zero-order valence-electron chi connectivity index (χ0n) is 16.3. The highest BCUT2D eigenvalue weighted by molar-refractivity contribution is 5.99. The summed E-state index contributed by atoms with van der Waals surface area (Å²) in [7, 11) is 0. The molecule has 1 N–H and O–H groups in total. The lowest BCUT2D eigenvalue weighted by Crippen LogP contribution is -2.50. The van der Waals surface area contributed by atoms with Crippen LogP contribution in [0.2, 0.25) is 0 Å². The zero-order valence-corrected chi connectivity index (χ0v) is 16.3. The Balaban J connectivity index is 1.61. The molecule has 3 amide bonds. The first kappa shape index (κ1) is 19.6. The first-order chi connectivity index (χ1) is 13.4. The minimum absolute atomic E-state index is 0.0272. The van der Waals surface area contributed by atoms with Gasteiger partial charge in [0, 0.05) is 50.8 Å². The summed E-state index contributed by atoms with van der Waals surface area (Å²) < 4.78 is 0. The molecule has 0 atom stereocenters. The van der Waals surface area contributed by atoms with Crippen LogP contribution in [0.3, 0.4) is 0 Å². The SMILES string of the molecule is CC(=O)N1CCN(C(=O)c2cccc(C(=O)NCc3ccc(C)cc3)c2)CC1. The lowest BCUT2D eigenvalue weighted by Gasteiger charge is -2.34. The highest BCUT2D eigenvalue weighted by Crippen LogP contribution is 2.12. The molecule has 146 valence electrons. The molecule has 1 saturated heterocycles. The topological polar surface area (TPSA) is 69.7 Å². The molecule has 6 heteroatoms. The van der Waals surface area contributed by atoms with Crippen molar-refractivity contribution in [2.75, 3.05) is 26.2 Å². The quantitative estimate of drug-likeness (QED) is 0.886. The van der Waals surface area contributed by atoms with Crippen LogP contribution >= 0.6 is 0 Å². The highest BCUT2D eigenvalue weighted by atomic mass is 16.2. The maximum absolute atomic E-state index is 12.8. The predicted octanol–water partition coefficient (Wildman–Crippen LogP) is 2.23. The van der Waals surface area contributed by atoms with E-state index in [9.17, 15) is 14.4 Å². The third-order valence-electron chi connectivity index (χ3n) is 4.96. The maximum atomic E-state index is 12.8. The fourth-order valence-electron chi connectivity index (χ4n) is 3.19. The third kappa shape index (κ3) is 4.76. The number of benzene rings is 2. The molecule has 2 aromatic carbocycles. The molecular formula is C22H25N3O3. The number of hydrogen-bond donors (Lipinski definition) is 1. The van der Waals surface area contributed by atoms with E-state index in [1.165, 1.54) is 12.5 Å². The van der Waals surface area contributed by atoms with Crippen LogP contribution in [0.25, 0.3) is 0 Å². The van der Waals surface area contributed by atoms with Crippen LogP contribution in [0, 0.1) is 6.92 Å². The lowest BCUT2D eigenvalue weighted by molar-refractivity contribution is -0.130. The van der Waals surface area contributed by atoms with Gasteiger partial charge in [0.1, 0.15) is 0 Å². The summed E-state index contributed by atoms with van der Waals surface area (Å²) in [6.45, 7) is 6.07. The number of nitrogens with one attached hydrogen (secondary N) is 1. The highest BCUT2D eigenvalue weighted by Gasteiger charge is 2.23. The Morgan fingerprint density at radius 2 is 1.50 bits per heavy atom. The monoisotopic (exact) mass is 379 g/mol. The van der Waals surface area contributed by atoms with Crippen molar-refractivity contribution in [3.8, 4) is 0 Å². The van der Waals surface area contributed by atoms with E-state index in [2.05, 4.69) is 5.32 Å². The normalized spacial score (nSPS) is 13.9. The summed E-state index contributed by atoms with van der Waals surface area (Å²) in [6, 6.07) is 14.8. The van der Waals surface area contributed by atoms with Gasteiger partial charge in [0.25, 0.3) is 11.8 Å². The van der Waals surface area contributed by atoms with Crippen LogP contribution in [-0.4, -0.2) is 53.7 Å². The van der Waals surface area contributed by atoms with Crippen molar-refractivity contribution < 1.29 is 14.4 Å². The lowest BCUT2D eigenvalue weighted by atomic mass is 10.1. The smallest absolute Gasteiger partial charge is 0.253 e. The minimum atomic E-state index is -0.211. The molecule has 1 fully saturated rings. The Morgan fingerprint density at radius 3 is 2.14 bits per heavy atom. The van der Waals surface area contributed by atoms with E-state index < -0.39 is 0 Å². The van der Waals surface area contributed by atoms with Crippen LogP contribution in [-0.2, 0) is 11.3 Å². The number of carbonyl (C=O) groups excluding carboxylic acids is 3. The van der Waals surface area contributed by atoms with Crippen molar-refractivity contribution in [2.45, 2.75) is 20.4 Å². The number of nitrogens with zero attached hydrogens (tertiary/aromatic N) is 2. The molecule has 0 aromatic heterocycles. The summed E-state index contributed by atoms with van der Waals surface area (Å²) in [6.07, 6.45) is 0. The molecule has 0 radical (unpaired) electrons. The van der Waals surface area contributed by atoms with Crippen LogP contribution in [0.5, 0.6) is 0 Å². The number of amides is 3. The molecule has 3 rings (SSSR count). The van der Waals surface area contributed by atoms with Gasteiger partial charge in [0.15, 0.2) is 0 Å². The molecule has 1 aliphatic heterocycles. The van der Waals surface area contributed by atoms with E-state index >= 15 is 0 Å². The number of carbonyl (C=O) groups is 3. The molecule has 0 unspecified atom stereocenters. The summed E-state index contributed by atoms with van der Waals surface area (Å²) >= 11 is 0. The van der Waals surface area contributed by atoms with Crippen molar-refractivity contribution >= 4 is 17.7 Å². The molecule has 6 nitrogen and oxygen atoms in total. The standard InChI is InChI=1S/C22H25N3O3/c1-16-6-8-18(9-7-16)15-23-21(27)19-4-3-5-20(14-19)22(28)25-12-10-24(11-13-25)17(2)26/h3-9,14H,10-13,15H2,1-2H3,(H,23,27). The van der Waals surface area contributed by atoms with Crippen molar-refractivity contribution in [1.29, 1.82) is 0 Å². The molecule has 0 spiro atoms. The van der Waals surface area contributed by atoms with Crippen molar-refractivity contribution in [3.63, 3.8) is 0 Å². The Labute approximate surface area is 165 Å². The maximum Gasteiger partial charge on any atom is 0.253 e. The van der Waals surface area contributed by atoms with E-state index in [1.807, 2.05) is 31.2 Å². The summed E-state index contributed by atoms with van der Waals surface area (Å²) in [5.41, 5.74) is 3.14. The molecule has 28 heavy (non-hydrogen) atoms. The second-order valence-electron chi connectivity index (χ2n) is 7.05. The fraction of sp³-hybridized carbons (Fsp3) is 0.318. The fourth-order valence-corrected chi connectivity index (χ4v) is 3.19. The summed E-state index contributed by atoms with van der Waals surface area (Å²) in [5.74, 6) is -0.299. The largest absolute Gasteiger partial charge is 0.348 e. The first-order valence-corrected chi connectivity index (χ1v) is 9.42. The molecule has 0 aliphatic carbocycles. The van der Waals surface area contributed by atoms with Crippen LogP contribution in [0.1, 0.15) is 38.8 Å². The minimum Gasteiger partial charge on any atom is -0.348 e. The van der Waals surface area contributed by atoms with E-state index in [0.717, 1.165) is 5.56 Å². The van der Waals surface area contributed by atoms with Crippen molar-refractivity contribution in [3.05, 3.63) is 70.8 Å². The number of hydrogen-bond acceptors (Lipinski definition) is 3. The van der Waals surface area contributed by atoms with Crippen LogP contribution < -0.4 is 5.32 Å².